The molecule has 0 spiro atoms. The van der Waals surface area contributed by atoms with Crippen molar-refractivity contribution >= 4 is 11.8 Å². The molecule has 0 N–H and O–H groups in total. The van der Waals surface area contributed by atoms with Crippen LogP contribution >= 0.6 is 0 Å². The number of Topliss-reactive ketones (excluding diaryl/α,β-unsaturated/α-hetero) is 1. The van der Waals surface area contributed by atoms with Gasteiger partial charge in [-0.05, 0) is 5.41 Å². The van der Waals surface area contributed by atoms with E-state index >= 15 is 0 Å². The molecule has 0 bridgehead atoms. The van der Waals surface area contributed by atoms with Gasteiger partial charge in [0.15, 0.2) is 6.61 Å². The molecule has 70 valence electrons. The number of hydrogen-bond acceptors (Lipinski definition) is 3. The number of ketones is 1. The highest BCUT2D eigenvalue weighted by Crippen LogP contribution is 2.43. The molecule has 0 amide bonds. The highest BCUT2D eigenvalue weighted by molar-refractivity contribution is 6.05. The molecular formula is C10H12O3. The molecule has 0 heterocycles. The molecule has 0 aromatic rings. The zero-order valence-electron chi connectivity index (χ0n) is 7.79. The molecule has 0 aromatic heterocycles. The maximum atomic E-state index is 11.3. The van der Waals surface area contributed by atoms with Gasteiger partial charge in [-0.3, -0.25) is 9.59 Å². The topological polar surface area (TPSA) is 43.4 Å². The first-order valence-corrected chi connectivity index (χ1v) is 4.12. The van der Waals surface area contributed by atoms with E-state index in [1.165, 1.54) is 0 Å². The predicted molar refractivity (Wildman–Crippen MR) is 46.7 cm³/mol. The van der Waals surface area contributed by atoms with Crippen molar-refractivity contribution in [3.05, 3.63) is 0 Å². The number of carbonyl (C=O) groups excluding carboxylic acids is 2. The lowest BCUT2D eigenvalue weighted by molar-refractivity contribution is -0.164. The van der Waals surface area contributed by atoms with Gasteiger partial charge in [0, 0.05) is 6.42 Å². The van der Waals surface area contributed by atoms with Gasteiger partial charge in [-0.25, -0.2) is 0 Å². The Kier molecular flexibility index (Phi) is 2.42. The summed E-state index contributed by atoms with van der Waals surface area (Å²) in [6.45, 7) is 3.69. The second kappa shape index (κ2) is 3.21. The third kappa shape index (κ3) is 1.72. The third-order valence-corrected chi connectivity index (χ3v) is 2.27. The molecule has 3 nitrogen and oxygen atoms in total. The van der Waals surface area contributed by atoms with Gasteiger partial charge in [0.25, 0.3) is 0 Å². The number of rotatable bonds is 2. The quantitative estimate of drug-likeness (QED) is 0.358. The average molecular weight is 180 g/mol. The van der Waals surface area contributed by atoms with Crippen LogP contribution in [0.2, 0.25) is 0 Å². The van der Waals surface area contributed by atoms with E-state index in [9.17, 15) is 9.59 Å². The second-order valence-corrected chi connectivity index (χ2v) is 3.88. The van der Waals surface area contributed by atoms with Gasteiger partial charge in [-0.15, -0.1) is 6.42 Å². The molecule has 13 heavy (non-hydrogen) atoms. The van der Waals surface area contributed by atoms with Crippen molar-refractivity contribution < 1.29 is 14.3 Å². The lowest BCUT2D eigenvalue weighted by Gasteiger charge is -2.40. The summed E-state index contributed by atoms with van der Waals surface area (Å²) in [4.78, 5) is 22.4. The van der Waals surface area contributed by atoms with Crippen molar-refractivity contribution in [2.75, 3.05) is 6.61 Å². The summed E-state index contributed by atoms with van der Waals surface area (Å²) in [7, 11) is 0. The van der Waals surface area contributed by atoms with E-state index in [0.717, 1.165) is 0 Å². The van der Waals surface area contributed by atoms with Crippen LogP contribution in [0.5, 0.6) is 0 Å². The summed E-state index contributed by atoms with van der Waals surface area (Å²) in [5.74, 6) is 1.04. The van der Waals surface area contributed by atoms with Crippen LogP contribution in [0.25, 0.3) is 0 Å². The van der Waals surface area contributed by atoms with E-state index in [-0.39, 0.29) is 17.8 Å². The van der Waals surface area contributed by atoms with Crippen LogP contribution in [-0.2, 0) is 14.3 Å². The Bertz CT molecular complexity index is 283. The van der Waals surface area contributed by atoms with Crippen LogP contribution in [0.3, 0.4) is 0 Å². The summed E-state index contributed by atoms with van der Waals surface area (Å²) in [6.07, 6.45) is 5.37. The molecule has 1 saturated carbocycles. The molecule has 1 atom stereocenters. The normalized spacial score (nSPS) is 24.4. The van der Waals surface area contributed by atoms with Crippen LogP contribution < -0.4 is 0 Å². The smallest absolute Gasteiger partial charge is 0.318 e. The Morgan fingerprint density at radius 1 is 1.77 bits per heavy atom. The SMILES string of the molecule is C#CCOC(=O)C1C(=O)CC1(C)C. The van der Waals surface area contributed by atoms with E-state index in [0.29, 0.717) is 6.42 Å². The van der Waals surface area contributed by atoms with Crippen molar-refractivity contribution in [1.82, 2.24) is 0 Å². The van der Waals surface area contributed by atoms with Crippen molar-refractivity contribution in [3.63, 3.8) is 0 Å². The fourth-order valence-electron chi connectivity index (χ4n) is 1.60. The maximum Gasteiger partial charge on any atom is 0.318 e. The van der Waals surface area contributed by atoms with Gasteiger partial charge < -0.3 is 4.74 Å². The molecule has 1 aliphatic rings. The largest absolute Gasteiger partial charge is 0.452 e. The standard InChI is InChI=1S/C10H12O3/c1-4-5-13-9(12)8-7(11)6-10(8,2)3/h1,8H,5-6H2,2-3H3. The van der Waals surface area contributed by atoms with Crippen LogP contribution in [0, 0.1) is 23.7 Å². The minimum atomic E-state index is -0.610. The lowest BCUT2D eigenvalue weighted by Crippen LogP contribution is -2.49. The van der Waals surface area contributed by atoms with Crippen LogP contribution in [0.15, 0.2) is 0 Å². The molecule has 0 radical (unpaired) electrons. The Morgan fingerprint density at radius 3 is 2.77 bits per heavy atom. The first kappa shape index (κ1) is 9.79. The van der Waals surface area contributed by atoms with Gasteiger partial charge in [0.1, 0.15) is 11.7 Å². The first-order valence-electron chi connectivity index (χ1n) is 4.12. The highest BCUT2D eigenvalue weighted by atomic mass is 16.5. The number of terminal acetylenes is 1. The minimum absolute atomic E-state index is 0.0491. The molecule has 1 unspecified atom stereocenters. The number of ether oxygens (including phenoxy) is 1. The van der Waals surface area contributed by atoms with E-state index in [1.807, 2.05) is 13.8 Å². The number of hydrogen-bond donors (Lipinski definition) is 0. The number of esters is 1. The van der Waals surface area contributed by atoms with Gasteiger partial charge in [0.2, 0.25) is 0 Å². The molecule has 0 saturated heterocycles. The minimum Gasteiger partial charge on any atom is -0.452 e. The Morgan fingerprint density at radius 2 is 2.38 bits per heavy atom. The third-order valence-electron chi connectivity index (χ3n) is 2.27. The van der Waals surface area contributed by atoms with E-state index in [4.69, 9.17) is 11.2 Å². The number of carbonyl (C=O) groups is 2. The summed E-state index contributed by atoms with van der Waals surface area (Å²) in [5.41, 5.74) is -0.261. The maximum absolute atomic E-state index is 11.3. The van der Waals surface area contributed by atoms with E-state index < -0.39 is 11.9 Å². The molecule has 1 fully saturated rings. The zero-order valence-corrected chi connectivity index (χ0v) is 7.79. The van der Waals surface area contributed by atoms with Gasteiger partial charge in [-0.2, -0.15) is 0 Å². The molecular weight excluding hydrogens is 168 g/mol. The molecule has 1 rings (SSSR count). The summed E-state index contributed by atoms with van der Waals surface area (Å²) in [6, 6.07) is 0. The molecule has 0 aromatic carbocycles. The Labute approximate surface area is 77.5 Å². The van der Waals surface area contributed by atoms with Gasteiger partial charge >= 0.3 is 5.97 Å². The Balaban J connectivity index is 2.57. The monoisotopic (exact) mass is 180 g/mol. The fraction of sp³-hybridized carbons (Fsp3) is 0.600. The molecule has 1 aliphatic carbocycles. The zero-order chi connectivity index (χ0) is 10.1. The van der Waals surface area contributed by atoms with Crippen LogP contribution in [0.1, 0.15) is 20.3 Å². The van der Waals surface area contributed by atoms with Gasteiger partial charge in [0.05, 0.1) is 0 Å². The predicted octanol–water partition coefficient (Wildman–Crippen LogP) is 0.778. The molecule has 3 heteroatoms. The van der Waals surface area contributed by atoms with Gasteiger partial charge in [-0.1, -0.05) is 19.8 Å². The summed E-state index contributed by atoms with van der Waals surface area (Å²) < 4.78 is 4.71. The second-order valence-electron chi connectivity index (χ2n) is 3.88. The van der Waals surface area contributed by atoms with Crippen molar-refractivity contribution in [1.29, 1.82) is 0 Å². The average Bonchev–Trinajstić information content (AvgIpc) is 1.98. The Hall–Kier alpha value is -1.30. The fourth-order valence-corrected chi connectivity index (χ4v) is 1.60. The van der Waals surface area contributed by atoms with Crippen molar-refractivity contribution in [2.45, 2.75) is 20.3 Å². The van der Waals surface area contributed by atoms with Crippen molar-refractivity contribution in [3.8, 4) is 12.3 Å². The first-order chi connectivity index (χ1) is 5.99. The van der Waals surface area contributed by atoms with Crippen LogP contribution in [-0.4, -0.2) is 18.4 Å². The molecule has 0 aliphatic heterocycles. The van der Waals surface area contributed by atoms with E-state index in [1.54, 1.807) is 0 Å². The van der Waals surface area contributed by atoms with Crippen LogP contribution in [0.4, 0.5) is 0 Å². The highest BCUT2D eigenvalue weighted by Gasteiger charge is 2.51. The lowest BCUT2D eigenvalue weighted by atomic mass is 9.61. The summed E-state index contributed by atoms with van der Waals surface area (Å²) in [5, 5.41) is 0. The van der Waals surface area contributed by atoms with E-state index in [2.05, 4.69) is 5.92 Å². The van der Waals surface area contributed by atoms with Crippen molar-refractivity contribution in [2.24, 2.45) is 11.3 Å². The summed E-state index contributed by atoms with van der Waals surface area (Å²) >= 11 is 0.